The van der Waals surface area contributed by atoms with Crippen LogP contribution in [-0.2, 0) is 0 Å². The second-order valence-corrected chi connectivity index (χ2v) is 5.91. The van der Waals surface area contributed by atoms with Crippen LogP contribution >= 0.6 is 11.8 Å². The smallest absolute Gasteiger partial charge is 0.162 e. The number of hydrogen-bond acceptors (Lipinski definition) is 5. The lowest BCUT2D eigenvalue weighted by molar-refractivity contribution is 0.983. The van der Waals surface area contributed by atoms with Crippen LogP contribution in [0.4, 0.5) is 5.82 Å². The highest BCUT2D eigenvalue weighted by atomic mass is 32.2. The van der Waals surface area contributed by atoms with Gasteiger partial charge in [-0.05, 0) is 42.7 Å². The van der Waals surface area contributed by atoms with Gasteiger partial charge in [0.15, 0.2) is 5.82 Å². The monoisotopic (exact) mass is 310 g/mol. The maximum atomic E-state index is 4.71. The molecule has 0 radical (unpaired) electrons. The molecule has 0 saturated carbocycles. The summed E-state index contributed by atoms with van der Waals surface area (Å²) in [5, 5.41) is 4.51. The molecule has 0 amide bonds. The Kier molecular flexibility index (Phi) is 4.85. The first kappa shape index (κ1) is 14.8. The normalized spacial score (nSPS) is 10.8. The lowest BCUT2D eigenvalue weighted by Crippen LogP contribution is -2.06. The standard InChI is InChI=1S/C17H18N4S/c1-22-12-4-9-19-17-14-5-2-3-6-15(14)20-16(21-17)13-7-10-18-11-8-13/h2-3,5-8,10-11H,4,9,12H2,1H3,(H,19,20,21). The fraction of sp³-hybridized carbons (Fsp3) is 0.235. The molecule has 5 heteroatoms. The summed E-state index contributed by atoms with van der Waals surface area (Å²) >= 11 is 1.86. The Morgan fingerprint density at radius 1 is 1.05 bits per heavy atom. The van der Waals surface area contributed by atoms with Gasteiger partial charge in [-0.1, -0.05) is 12.1 Å². The molecule has 0 unspecified atom stereocenters. The highest BCUT2D eigenvalue weighted by Gasteiger charge is 2.08. The van der Waals surface area contributed by atoms with E-state index in [4.69, 9.17) is 4.98 Å². The summed E-state index contributed by atoms with van der Waals surface area (Å²) in [6, 6.07) is 12.0. The van der Waals surface area contributed by atoms with E-state index in [9.17, 15) is 0 Å². The summed E-state index contributed by atoms with van der Waals surface area (Å²) in [5.41, 5.74) is 1.93. The molecule has 22 heavy (non-hydrogen) atoms. The fourth-order valence-corrected chi connectivity index (χ4v) is 2.70. The van der Waals surface area contributed by atoms with Crippen molar-refractivity contribution in [1.82, 2.24) is 15.0 Å². The van der Waals surface area contributed by atoms with Gasteiger partial charge in [0, 0.05) is 29.9 Å². The maximum absolute atomic E-state index is 4.71. The SMILES string of the molecule is CSCCCNc1nc(-c2ccncc2)nc2ccccc12. The van der Waals surface area contributed by atoms with Gasteiger partial charge in [-0.2, -0.15) is 11.8 Å². The van der Waals surface area contributed by atoms with Crippen molar-refractivity contribution in [2.45, 2.75) is 6.42 Å². The average Bonchev–Trinajstić information content (AvgIpc) is 2.59. The number of benzene rings is 1. The third kappa shape index (κ3) is 3.36. The lowest BCUT2D eigenvalue weighted by atomic mass is 10.2. The van der Waals surface area contributed by atoms with E-state index in [0.29, 0.717) is 0 Å². The Morgan fingerprint density at radius 3 is 2.68 bits per heavy atom. The van der Waals surface area contributed by atoms with Crippen molar-refractivity contribution in [2.24, 2.45) is 0 Å². The minimum Gasteiger partial charge on any atom is -0.369 e. The van der Waals surface area contributed by atoms with Crippen LogP contribution in [0.15, 0.2) is 48.8 Å². The first-order valence-electron chi connectivity index (χ1n) is 7.28. The van der Waals surface area contributed by atoms with E-state index in [1.165, 1.54) is 0 Å². The molecule has 1 N–H and O–H groups in total. The number of nitrogens with zero attached hydrogens (tertiary/aromatic N) is 3. The van der Waals surface area contributed by atoms with Gasteiger partial charge in [0.25, 0.3) is 0 Å². The number of rotatable bonds is 6. The molecule has 0 spiro atoms. The summed E-state index contributed by atoms with van der Waals surface area (Å²) in [6.07, 6.45) is 6.77. The van der Waals surface area contributed by atoms with Crippen LogP contribution in [0.1, 0.15) is 6.42 Å². The van der Waals surface area contributed by atoms with Crippen LogP contribution in [0.3, 0.4) is 0 Å². The first-order chi connectivity index (χ1) is 10.9. The Labute approximate surface area is 134 Å². The topological polar surface area (TPSA) is 50.7 Å². The molecule has 2 aromatic heterocycles. The summed E-state index contributed by atoms with van der Waals surface area (Å²) in [7, 11) is 0. The summed E-state index contributed by atoms with van der Waals surface area (Å²) in [4.78, 5) is 13.4. The van der Waals surface area contributed by atoms with E-state index in [-0.39, 0.29) is 0 Å². The zero-order chi connectivity index (χ0) is 15.2. The molecule has 3 rings (SSSR count). The molecule has 0 fully saturated rings. The van der Waals surface area contributed by atoms with Crippen molar-refractivity contribution < 1.29 is 0 Å². The van der Waals surface area contributed by atoms with Crippen LogP contribution in [0.25, 0.3) is 22.3 Å². The van der Waals surface area contributed by atoms with Crippen molar-refractivity contribution in [3.05, 3.63) is 48.8 Å². The van der Waals surface area contributed by atoms with E-state index in [1.807, 2.05) is 42.1 Å². The van der Waals surface area contributed by atoms with Crippen LogP contribution < -0.4 is 5.32 Å². The minimum atomic E-state index is 0.730. The van der Waals surface area contributed by atoms with Crippen LogP contribution in [0.5, 0.6) is 0 Å². The van der Waals surface area contributed by atoms with Crippen LogP contribution in [-0.4, -0.2) is 33.5 Å². The predicted molar refractivity (Wildman–Crippen MR) is 94.3 cm³/mol. The molecule has 112 valence electrons. The molecule has 0 aliphatic heterocycles. The van der Waals surface area contributed by atoms with Gasteiger partial charge >= 0.3 is 0 Å². The van der Waals surface area contributed by atoms with Crippen molar-refractivity contribution in [1.29, 1.82) is 0 Å². The number of para-hydroxylation sites is 1. The molecule has 0 aliphatic carbocycles. The summed E-state index contributed by atoms with van der Waals surface area (Å²) in [5.74, 6) is 2.78. The summed E-state index contributed by atoms with van der Waals surface area (Å²) < 4.78 is 0. The first-order valence-corrected chi connectivity index (χ1v) is 8.68. The number of aromatic nitrogens is 3. The number of anilines is 1. The van der Waals surface area contributed by atoms with Gasteiger partial charge in [0.2, 0.25) is 0 Å². The summed E-state index contributed by atoms with van der Waals surface area (Å²) in [6.45, 7) is 0.914. The molecule has 2 heterocycles. The molecule has 0 aliphatic rings. The molecule has 4 nitrogen and oxygen atoms in total. The molecule has 0 saturated heterocycles. The Hall–Kier alpha value is -2.14. The quantitative estimate of drug-likeness (QED) is 0.701. The van der Waals surface area contributed by atoms with E-state index in [0.717, 1.165) is 46.8 Å². The second kappa shape index (κ2) is 7.22. The molecule has 0 bridgehead atoms. The Morgan fingerprint density at radius 2 is 1.86 bits per heavy atom. The number of pyridine rings is 1. The van der Waals surface area contributed by atoms with Gasteiger partial charge in [0.05, 0.1) is 5.52 Å². The number of thioether (sulfide) groups is 1. The van der Waals surface area contributed by atoms with Crippen molar-refractivity contribution in [3.8, 4) is 11.4 Å². The van der Waals surface area contributed by atoms with Gasteiger partial charge in [-0.25, -0.2) is 9.97 Å². The number of hydrogen-bond donors (Lipinski definition) is 1. The predicted octanol–water partition coefficient (Wildman–Crippen LogP) is 3.86. The van der Waals surface area contributed by atoms with Crippen molar-refractivity contribution in [2.75, 3.05) is 23.9 Å². The number of nitrogens with one attached hydrogen (secondary N) is 1. The zero-order valence-corrected chi connectivity index (χ0v) is 13.3. The van der Waals surface area contributed by atoms with Gasteiger partial charge in [-0.3, -0.25) is 4.98 Å². The minimum absolute atomic E-state index is 0.730. The maximum Gasteiger partial charge on any atom is 0.162 e. The van der Waals surface area contributed by atoms with Gasteiger partial charge in [0.1, 0.15) is 5.82 Å². The molecule has 3 aromatic rings. The second-order valence-electron chi connectivity index (χ2n) is 4.92. The van der Waals surface area contributed by atoms with Crippen LogP contribution in [0, 0.1) is 0 Å². The van der Waals surface area contributed by atoms with Crippen molar-refractivity contribution >= 4 is 28.5 Å². The van der Waals surface area contributed by atoms with Crippen LogP contribution in [0.2, 0.25) is 0 Å². The number of fused-ring (bicyclic) bond motifs is 1. The van der Waals surface area contributed by atoms with Gasteiger partial charge < -0.3 is 5.32 Å². The fourth-order valence-electron chi connectivity index (χ4n) is 2.26. The third-order valence-corrected chi connectivity index (χ3v) is 4.06. The van der Waals surface area contributed by atoms with Crippen molar-refractivity contribution in [3.63, 3.8) is 0 Å². The molecular weight excluding hydrogens is 292 g/mol. The average molecular weight is 310 g/mol. The Balaban J connectivity index is 1.97. The van der Waals surface area contributed by atoms with E-state index < -0.39 is 0 Å². The zero-order valence-electron chi connectivity index (χ0n) is 12.5. The lowest BCUT2D eigenvalue weighted by Gasteiger charge is -2.10. The highest BCUT2D eigenvalue weighted by Crippen LogP contribution is 2.24. The van der Waals surface area contributed by atoms with Gasteiger partial charge in [-0.15, -0.1) is 0 Å². The molecule has 1 aromatic carbocycles. The van der Waals surface area contributed by atoms with E-state index in [2.05, 4.69) is 27.6 Å². The van der Waals surface area contributed by atoms with E-state index in [1.54, 1.807) is 12.4 Å². The third-order valence-electron chi connectivity index (χ3n) is 3.36. The largest absolute Gasteiger partial charge is 0.369 e. The molecular formula is C17H18N4S. The molecule has 0 atom stereocenters. The Bertz CT molecular complexity index is 746. The van der Waals surface area contributed by atoms with E-state index >= 15 is 0 Å². The highest BCUT2D eigenvalue weighted by molar-refractivity contribution is 7.98.